The SMILES string of the molecule is CC[C@H](C)[C@@H]([C@@H](CC(=O)N1CCC[C@H]1[C@H](C)[C@@H](C)C(=O)N[C@H](C)[C@@H](O)c1ccccc1)OC)N(C)C(=O)[C@@H](CC(=O)[C@H](C(C)C)N(C)C(=O)OCc1ccc(C)cc1)C(C)C. The van der Waals surface area contributed by atoms with Crippen molar-refractivity contribution in [1.82, 2.24) is 20.0 Å². The van der Waals surface area contributed by atoms with Gasteiger partial charge in [-0.1, -0.05) is 122 Å². The topological polar surface area (TPSA) is 146 Å². The second-order valence-electron chi connectivity index (χ2n) is 18.3. The molecule has 0 radical (unpaired) electrons. The van der Waals surface area contributed by atoms with E-state index in [1.807, 2.05) is 122 Å². The summed E-state index contributed by atoms with van der Waals surface area (Å²) in [4.78, 5) is 74.5. The van der Waals surface area contributed by atoms with Crippen LogP contribution in [0.3, 0.4) is 0 Å². The van der Waals surface area contributed by atoms with E-state index in [1.165, 1.54) is 4.90 Å². The molecule has 1 fully saturated rings. The fourth-order valence-electron chi connectivity index (χ4n) is 8.90. The predicted molar refractivity (Wildman–Crippen MR) is 239 cm³/mol. The Bertz CT molecular complexity index is 1720. The first-order valence-corrected chi connectivity index (χ1v) is 22.3. The van der Waals surface area contributed by atoms with Crippen LogP contribution in [0.15, 0.2) is 54.6 Å². The van der Waals surface area contributed by atoms with Crippen molar-refractivity contribution < 1.29 is 38.6 Å². The van der Waals surface area contributed by atoms with Crippen LogP contribution in [0.4, 0.5) is 4.79 Å². The van der Waals surface area contributed by atoms with Gasteiger partial charge in [-0.05, 0) is 61.5 Å². The van der Waals surface area contributed by atoms with Crippen molar-refractivity contribution in [3.63, 3.8) is 0 Å². The van der Waals surface area contributed by atoms with Crippen LogP contribution < -0.4 is 5.32 Å². The largest absolute Gasteiger partial charge is 0.445 e. The highest BCUT2D eigenvalue weighted by atomic mass is 16.6. The number of amides is 4. The standard InChI is InChI=1S/C49H76N4O8/c1-14-33(7)45(51(11)48(58)39(30(2)3)27-41(54)44(31(4)5)52(12)49(59)61-29-37-24-22-32(6)23-25-37)42(60-13)28-43(55)53-26-18-21-40(53)34(8)35(9)47(57)50-36(10)46(56)38-19-16-15-17-20-38/h15-17,19-20,22-25,30-31,33-36,39-40,42,44-46,56H,14,18,21,26-29H2,1-13H3,(H,50,57)/t33-,34+,35+,36+,39-,40-,42+,44-,45-,46+/m0/s1. The zero-order chi connectivity index (χ0) is 45.7. The highest BCUT2D eigenvalue weighted by Crippen LogP contribution is 2.32. The van der Waals surface area contributed by atoms with Gasteiger partial charge in [0.15, 0.2) is 5.78 Å². The number of rotatable bonds is 22. The molecule has 2 aromatic carbocycles. The van der Waals surface area contributed by atoms with Gasteiger partial charge < -0.3 is 34.6 Å². The Balaban J connectivity index is 1.73. The molecule has 12 nitrogen and oxygen atoms in total. The van der Waals surface area contributed by atoms with Gasteiger partial charge in [0.05, 0.1) is 36.8 Å². The number of likely N-dealkylation sites (tertiary alicyclic amines) is 1. The first kappa shape index (κ1) is 51.1. The molecule has 3 rings (SSSR count). The zero-order valence-corrected chi connectivity index (χ0v) is 39.2. The number of aryl methyl sites for hydroxylation is 1. The van der Waals surface area contributed by atoms with Crippen LogP contribution in [-0.2, 0) is 35.3 Å². The monoisotopic (exact) mass is 849 g/mol. The average Bonchev–Trinajstić information content (AvgIpc) is 3.74. The lowest BCUT2D eigenvalue weighted by Crippen LogP contribution is -2.54. The maximum absolute atomic E-state index is 14.6. The van der Waals surface area contributed by atoms with E-state index in [2.05, 4.69) is 5.32 Å². The molecule has 12 heteroatoms. The molecule has 2 N–H and O–H groups in total. The normalized spacial score (nSPS) is 18.6. The van der Waals surface area contributed by atoms with Crippen LogP contribution in [0, 0.1) is 42.4 Å². The zero-order valence-electron chi connectivity index (χ0n) is 39.2. The molecule has 0 spiro atoms. The van der Waals surface area contributed by atoms with E-state index in [1.54, 1.807) is 33.0 Å². The molecule has 10 atom stereocenters. The number of ketones is 1. The molecule has 2 aromatic rings. The molecule has 0 unspecified atom stereocenters. The van der Waals surface area contributed by atoms with Gasteiger partial charge in [-0.15, -0.1) is 0 Å². The molecule has 0 aromatic heterocycles. The third-order valence-electron chi connectivity index (χ3n) is 13.2. The van der Waals surface area contributed by atoms with Crippen LogP contribution in [-0.4, -0.2) is 107 Å². The van der Waals surface area contributed by atoms with Gasteiger partial charge >= 0.3 is 6.09 Å². The Morgan fingerprint density at radius 1 is 0.869 bits per heavy atom. The van der Waals surface area contributed by atoms with Crippen LogP contribution >= 0.6 is 0 Å². The van der Waals surface area contributed by atoms with E-state index in [9.17, 15) is 29.1 Å². The van der Waals surface area contributed by atoms with Gasteiger partial charge in [0.25, 0.3) is 0 Å². The molecule has 0 aliphatic carbocycles. The summed E-state index contributed by atoms with van der Waals surface area (Å²) in [6.45, 7) is 20.0. The van der Waals surface area contributed by atoms with E-state index in [0.717, 1.165) is 36.0 Å². The van der Waals surface area contributed by atoms with E-state index >= 15 is 0 Å². The summed E-state index contributed by atoms with van der Waals surface area (Å²) in [6, 6.07) is 15.0. The van der Waals surface area contributed by atoms with Crippen molar-refractivity contribution in [3.05, 3.63) is 71.3 Å². The number of benzene rings is 2. The predicted octanol–water partition coefficient (Wildman–Crippen LogP) is 7.60. The summed E-state index contributed by atoms with van der Waals surface area (Å²) in [6.07, 6.45) is 0.183. The fraction of sp³-hybridized carbons (Fsp3) is 0.653. The van der Waals surface area contributed by atoms with E-state index in [-0.39, 0.29) is 72.7 Å². The first-order chi connectivity index (χ1) is 28.7. The number of aliphatic hydroxyl groups excluding tert-OH is 1. The number of hydrogen-bond acceptors (Lipinski definition) is 8. The van der Waals surface area contributed by atoms with Gasteiger partial charge in [-0.2, -0.15) is 0 Å². The van der Waals surface area contributed by atoms with Gasteiger partial charge in [0.2, 0.25) is 17.7 Å². The highest BCUT2D eigenvalue weighted by Gasteiger charge is 2.42. The van der Waals surface area contributed by atoms with Crippen molar-refractivity contribution in [2.45, 2.75) is 144 Å². The average molecular weight is 849 g/mol. The highest BCUT2D eigenvalue weighted by molar-refractivity contribution is 5.92. The molecule has 1 saturated heterocycles. The van der Waals surface area contributed by atoms with Crippen molar-refractivity contribution in [1.29, 1.82) is 0 Å². The second kappa shape index (κ2) is 23.8. The molecule has 340 valence electrons. The maximum Gasteiger partial charge on any atom is 0.410 e. The van der Waals surface area contributed by atoms with Crippen molar-refractivity contribution in [3.8, 4) is 0 Å². The molecule has 0 saturated carbocycles. The number of aliphatic hydroxyl groups is 1. The number of ether oxygens (including phenoxy) is 2. The van der Waals surface area contributed by atoms with Crippen LogP contribution in [0.5, 0.6) is 0 Å². The number of nitrogens with one attached hydrogen (secondary N) is 1. The number of Topliss-reactive ketones (excluding diaryl/α,β-unsaturated/α-hetero) is 1. The number of carbonyl (C=O) groups is 5. The molecular weight excluding hydrogens is 773 g/mol. The summed E-state index contributed by atoms with van der Waals surface area (Å²) >= 11 is 0. The fourth-order valence-corrected chi connectivity index (χ4v) is 8.90. The van der Waals surface area contributed by atoms with Crippen LogP contribution in [0.2, 0.25) is 0 Å². The Kier molecular flexibility index (Phi) is 19.9. The quantitative estimate of drug-likeness (QED) is 0.123. The number of methoxy groups -OCH3 is 1. The van der Waals surface area contributed by atoms with E-state index < -0.39 is 48.3 Å². The van der Waals surface area contributed by atoms with Crippen molar-refractivity contribution >= 4 is 29.6 Å². The maximum atomic E-state index is 14.6. The Hall–Kier alpha value is -4.29. The van der Waals surface area contributed by atoms with Crippen LogP contribution in [0.1, 0.15) is 117 Å². The summed E-state index contributed by atoms with van der Waals surface area (Å²) in [5, 5.41) is 13.9. The summed E-state index contributed by atoms with van der Waals surface area (Å²) in [7, 11) is 4.87. The van der Waals surface area contributed by atoms with Gasteiger partial charge in [-0.25, -0.2) is 4.79 Å². The van der Waals surface area contributed by atoms with Crippen LogP contribution in [0.25, 0.3) is 0 Å². The Morgan fingerprint density at radius 2 is 1.49 bits per heavy atom. The van der Waals surface area contributed by atoms with Gasteiger partial charge in [-0.3, -0.25) is 19.2 Å². The smallest absolute Gasteiger partial charge is 0.410 e. The minimum absolute atomic E-state index is 0.0432. The van der Waals surface area contributed by atoms with E-state index in [4.69, 9.17) is 9.47 Å². The molecule has 1 aliphatic rings. The molecule has 1 aliphatic heterocycles. The summed E-state index contributed by atoms with van der Waals surface area (Å²) in [5.74, 6) is -2.43. The number of carbonyl (C=O) groups excluding carboxylic acids is 5. The van der Waals surface area contributed by atoms with Gasteiger partial charge in [0.1, 0.15) is 6.61 Å². The van der Waals surface area contributed by atoms with Crippen molar-refractivity contribution in [2.75, 3.05) is 27.7 Å². The second-order valence-corrected chi connectivity index (χ2v) is 18.3. The van der Waals surface area contributed by atoms with Crippen molar-refractivity contribution in [2.24, 2.45) is 35.5 Å². The lowest BCUT2D eigenvalue weighted by molar-refractivity contribution is -0.148. The minimum atomic E-state index is -0.854. The number of likely N-dealkylation sites (N-methyl/N-ethyl adjacent to an activating group) is 2. The summed E-state index contributed by atoms with van der Waals surface area (Å²) < 4.78 is 11.7. The minimum Gasteiger partial charge on any atom is -0.445 e. The van der Waals surface area contributed by atoms with E-state index in [0.29, 0.717) is 6.54 Å². The third-order valence-corrected chi connectivity index (χ3v) is 13.2. The first-order valence-electron chi connectivity index (χ1n) is 22.3. The molecule has 61 heavy (non-hydrogen) atoms. The molecule has 0 bridgehead atoms. The number of hydrogen-bond donors (Lipinski definition) is 2. The number of nitrogens with zero attached hydrogens (tertiary/aromatic N) is 3. The summed E-state index contributed by atoms with van der Waals surface area (Å²) in [5.41, 5.74) is 2.67. The third kappa shape index (κ3) is 13.6. The molecule has 1 heterocycles. The lowest BCUT2D eigenvalue weighted by Gasteiger charge is -2.41. The Morgan fingerprint density at radius 3 is 2.05 bits per heavy atom. The van der Waals surface area contributed by atoms with Gasteiger partial charge in [0, 0.05) is 52.0 Å². The Labute approximate surface area is 366 Å². The lowest BCUT2D eigenvalue weighted by atomic mass is 9.83. The molecule has 4 amide bonds. The molecular formula is C49H76N4O8.